The van der Waals surface area contributed by atoms with E-state index in [9.17, 15) is 18.8 Å². The molecule has 4 rings (SSSR count). The molecule has 2 heterocycles. The first kappa shape index (κ1) is 19.7. The molecular weight excluding hydrogens is 393 g/mol. The summed E-state index contributed by atoms with van der Waals surface area (Å²) in [5.74, 6) is -0.608. The summed E-state index contributed by atoms with van der Waals surface area (Å²) in [5.41, 5.74) is -0.168. The lowest BCUT2D eigenvalue weighted by Gasteiger charge is -2.25. The topological polar surface area (TPSA) is 97.0 Å². The van der Waals surface area contributed by atoms with Crippen LogP contribution >= 0.6 is 0 Å². The molecule has 1 atom stereocenters. The van der Waals surface area contributed by atoms with E-state index >= 15 is 0 Å². The minimum absolute atomic E-state index is 0.241. The molecule has 1 saturated heterocycles. The first-order valence-electron chi connectivity index (χ1n) is 9.38. The SMILES string of the molecule is Cc1ccc(NC(=O)CN2C(=O)NC(C)(c3ccc4c(c3)OCCO4)C2=O)cc1F. The minimum Gasteiger partial charge on any atom is -0.486 e. The van der Waals surface area contributed by atoms with Gasteiger partial charge in [0, 0.05) is 5.69 Å². The van der Waals surface area contributed by atoms with E-state index in [-0.39, 0.29) is 5.69 Å². The number of nitrogens with zero attached hydrogens (tertiary/aromatic N) is 1. The third kappa shape index (κ3) is 3.42. The average Bonchev–Trinajstić information content (AvgIpc) is 2.94. The standard InChI is InChI=1S/C21H20FN3O5/c1-12-3-5-14(10-15(12)22)23-18(26)11-25-19(27)21(2,24-20(25)28)13-4-6-16-17(9-13)30-8-7-29-16/h3-6,9-10H,7-8,11H2,1-2H3,(H,23,26)(H,24,28). The molecule has 2 aliphatic heterocycles. The monoisotopic (exact) mass is 413 g/mol. The van der Waals surface area contributed by atoms with Gasteiger partial charge in [0.2, 0.25) is 5.91 Å². The number of fused-ring (bicyclic) bond motifs is 1. The molecule has 1 fully saturated rings. The molecule has 9 heteroatoms. The van der Waals surface area contributed by atoms with Gasteiger partial charge in [0.1, 0.15) is 31.1 Å². The Labute approximate surface area is 171 Å². The molecule has 4 amide bonds. The van der Waals surface area contributed by atoms with Crippen molar-refractivity contribution < 1.29 is 28.2 Å². The number of halogens is 1. The fraction of sp³-hybridized carbons (Fsp3) is 0.286. The molecule has 8 nitrogen and oxygen atoms in total. The number of nitrogens with one attached hydrogen (secondary N) is 2. The summed E-state index contributed by atoms with van der Waals surface area (Å²) in [5, 5.41) is 5.14. The molecule has 30 heavy (non-hydrogen) atoms. The van der Waals surface area contributed by atoms with Crippen LogP contribution in [0.3, 0.4) is 0 Å². The van der Waals surface area contributed by atoms with E-state index < -0.39 is 35.7 Å². The molecule has 0 aliphatic carbocycles. The number of aryl methyl sites for hydroxylation is 1. The Kier molecular flexibility index (Phi) is 4.81. The largest absolute Gasteiger partial charge is 0.486 e. The number of ether oxygens (including phenoxy) is 2. The maximum atomic E-state index is 13.7. The highest BCUT2D eigenvalue weighted by atomic mass is 19.1. The molecule has 2 N–H and O–H groups in total. The van der Waals surface area contributed by atoms with Crippen LogP contribution in [0.4, 0.5) is 14.9 Å². The number of urea groups is 1. The fourth-order valence-electron chi connectivity index (χ4n) is 3.41. The van der Waals surface area contributed by atoms with Gasteiger partial charge in [-0.1, -0.05) is 12.1 Å². The van der Waals surface area contributed by atoms with E-state index in [2.05, 4.69) is 10.6 Å². The summed E-state index contributed by atoms with van der Waals surface area (Å²) in [6.07, 6.45) is 0. The predicted molar refractivity (Wildman–Crippen MR) is 105 cm³/mol. The van der Waals surface area contributed by atoms with Gasteiger partial charge in [-0.05, 0) is 49.2 Å². The molecule has 2 aromatic carbocycles. The molecule has 2 aliphatic rings. The van der Waals surface area contributed by atoms with Gasteiger partial charge >= 0.3 is 6.03 Å². The summed E-state index contributed by atoms with van der Waals surface area (Å²) in [6, 6.07) is 8.55. The number of rotatable bonds is 4. The Morgan fingerprint density at radius 3 is 2.63 bits per heavy atom. The normalized spacial score (nSPS) is 20.2. The van der Waals surface area contributed by atoms with Crippen molar-refractivity contribution >= 4 is 23.5 Å². The van der Waals surface area contributed by atoms with Crippen molar-refractivity contribution in [2.24, 2.45) is 0 Å². The number of amides is 4. The number of carbonyl (C=O) groups is 3. The summed E-state index contributed by atoms with van der Waals surface area (Å²) in [4.78, 5) is 38.7. The van der Waals surface area contributed by atoms with Crippen molar-refractivity contribution in [3.8, 4) is 11.5 Å². The second kappa shape index (κ2) is 7.33. The third-order valence-corrected chi connectivity index (χ3v) is 5.15. The zero-order valence-electron chi connectivity index (χ0n) is 16.5. The highest BCUT2D eigenvalue weighted by Crippen LogP contribution is 2.36. The Bertz CT molecular complexity index is 1060. The van der Waals surface area contributed by atoms with Crippen LogP contribution in [0.1, 0.15) is 18.1 Å². The van der Waals surface area contributed by atoms with Crippen LogP contribution in [-0.4, -0.2) is 42.5 Å². The van der Waals surface area contributed by atoms with Gasteiger partial charge in [-0.2, -0.15) is 0 Å². The van der Waals surface area contributed by atoms with Crippen molar-refractivity contribution in [1.82, 2.24) is 10.2 Å². The van der Waals surface area contributed by atoms with Crippen molar-refractivity contribution in [2.75, 3.05) is 25.1 Å². The Balaban J connectivity index is 1.50. The minimum atomic E-state index is -1.36. The summed E-state index contributed by atoms with van der Waals surface area (Å²) < 4.78 is 24.7. The number of benzene rings is 2. The van der Waals surface area contributed by atoms with Gasteiger partial charge in [-0.3, -0.25) is 14.5 Å². The maximum Gasteiger partial charge on any atom is 0.325 e. The highest BCUT2D eigenvalue weighted by Gasteiger charge is 2.49. The van der Waals surface area contributed by atoms with Crippen molar-refractivity contribution in [3.05, 3.63) is 53.3 Å². The lowest BCUT2D eigenvalue weighted by molar-refractivity contribution is -0.133. The Morgan fingerprint density at radius 2 is 1.90 bits per heavy atom. The van der Waals surface area contributed by atoms with Crippen LogP contribution in [0.5, 0.6) is 11.5 Å². The summed E-state index contributed by atoms with van der Waals surface area (Å²) in [6.45, 7) is 3.49. The van der Waals surface area contributed by atoms with E-state index in [4.69, 9.17) is 9.47 Å². The van der Waals surface area contributed by atoms with Crippen LogP contribution in [0, 0.1) is 12.7 Å². The van der Waals surface area contributed by atoms with Gasteiger partial charge in [0.05, 0.1) is 0 Å². The molecule has 156 valence electrons. The zero-order valence-corrected chi connectivity index (χ0v) is 16.5. The first-order chi connectivity index (χ1) is 14.3. The average molecular weight is 413 g/mol. The molecule has 0 bridgehead atoms. The van der Waals surface area contributed by atoms with Crippen LogP contribution in [0.15, 0.2) is 36.4 Å². The Hall–Kier alpha value is -3.62. The first-order valence-corrected chi connectivity index (χ1v) is 9.38. The Morgan fingerprint density at radius 1 is 1.17 bits per heavy atom. The number of carbonyl (C=O) groups excluding carboxylic acids is 3. The zero-order chi connectivity index (χ0) is 21.5. The smallest absolute Gasteiger partial charge is 0.325 e. The van der Waals surface area contributed by atoms with E-state index in [0.29, 0.717) is 35.8 Å². The molecular formula is C21H20FN3O5. The summed E-state index contributed by atoms with van der Waals surface area (Å²) in [7, 11) is 0. The highest BCUT2D eigenvalue weighted by molar-refractivity contribution is 6.10. The molecule has 1 unspecified atom stereocenters. The maximum absolute atomic E-state index is 13.7. The molecule has 0 radical (unpaired) electrons. The number of hydrogen-bond acceptors (Lipinski definition) is 5. The van der Waals surface area contributed by atoms with Crippen LogP contribution in [0.25, 0.3) is 0 Å². The van der Waals surface area contributed by atoms with Crippen molar-refractivity contribution in [1.29, 1.82) is 0 Å². The lowest BCUT2D eigenvalue weighted by Crippen LogP contribution is -2.42. The molecule has 0 spiro atoms. The van der Waals surface area contributed by atoms with Gasteiger partial charge in [0.15, 0.2) is 11.5 Å². The quantitative estimate of drug-likeness (QED) is 0.750. The van der Waals surface area contributed by atoms with Crippen LogP contribution in [-0.2, 0) is 15.1 Å². The van der Waals surface area contributed by atoms with Crippen LogP contribution < -0.4 is 20.1 Å². The molecule has 0 saturated carbocycles. The number of hydrogen-bond donors (Lipinski definition) is 2. The van der Waals surface area contributed by atoms with E-state index in [0.717, 1.165) is 4.90 Å². The lowest BCUT2D eigenvalue weighted by atomic mass is 9.91. The van der Waals surface area contributed by atoms with Crippen LogP contribution in [0.2, 0.25) is 0 Å². The van der Waals surface area contributed by atoms with E-state index in [1.807, 2.05) is 0 Å². The molecule has 0 aromatic heterocycles. The number of anilines is 1. The fourth-order valence-corrected chi connectivity index (χ4v) is 3.41. The van der Waals surface area contributed by atoms with Gasteiger partial charge in [-0.15, -0.1) is 0 Å². The van der Waals surface area contributed by atoms with Gasteiger partial charge < -0.3 is 20.1 Å². The van der Waals surface area contributed by atoms with Gasteiger partial charge in [-0.25, -0.2) is 9.18 Å². The number of imide groups is 1. The van der Waals surface area contributed by atoms with Crippen molar-refractivity contribution in [2.45, 2.75) is 19.4 Å². The van der Waals surface area contributed by atoms with Crippen molar-refractivity contribution in [3.63, 3.8) is 0 Å². The second-order valence-electron chi connectivity index (χ2n) is 7.32. The summed E-state index contributed by atoms with van der Waals surface area (Å²) >= 11 is 0. The second-order valence-corrected chi connectivity index (χ2v) is 7.32. The molecule has 2 aromatic rings. The van der Waals surface area contributed by atoms with E-state index in [1.165, 1.54) is 12.1 Å². The van der Waals surface area contributed by atoms with E-state index in [1.54, 1.807) is 38.1 Å². The third-order valence-electron chi connectivity index (χ3n) is 5.15. The predicted octanol–water partition coefficient (Wildman–Crippen LogP) is 2.31. The van der Waals surface area contributed by atoms with Gasteiger partial charge in [0.25, 0.3) is 5.91 Å².